The SMILES string of the molecule is CCOc1ccc(N(C)S(=O)(=O)c2ccc(C)c(C(=O)OCC(=O)N(Cc3ccccc3)C(C)(C)C)c2)cc1. The van der Waals surface area contributed by atoms with Crippen molar-refractivity contribution in [3.05, 3.63) is 89.5 Å². The van der Waals surface area contributed by atoms with E-state index in [4.69, 9.17) is 9.47 Å². The predicted octanol–water partition coefficient (Wildman–Crippen LogP) is 5.20. The minimum absolute atomic E-state index is 0.0665. The number of sulfonamides is 1. The van der Waals surface area contributed by atoms with Crippen LogP contribution in [0.3, 0.4) is 0 Å². The summed E-state index contributed by atoms with van der Waals surface area (Å²) in [5, 5.41) is 0. The molecule has 8 nitrogen and oxygen atoms in total. The van der Waals surface area contributed by atoms with Gasteiger partial charge in [-0.25, -0.2) is 13.2 Å². The van der Waals surface area contributed by atoms with Gasteiger partial charge in [-0.05, 0) is 82.1 Å². The molecule has 1 amide bonds. The third-order valence-electron chi connectivity index (χ3n) is 6.22. The Hall–Kier alpha value is -3.85. The Morgan fingerprint density at radius 1 is 0.923 bits per heavy atom. The van der Waals surface area contributed by atoms with E-state index in [-0.39, 0.29) is 16.4 Å². The van der Waals surface area contributed by atoms with Crippen LogP contribution in [0.5, 0.6) is 5.75 Å². The van der Waals surface area contributed by atoms with Crippen molar-refractivity contribution in [3.63, 3.8) is 0 Å². The van der Waals surface area contributed by atoms with Gasteiger partial charge in [-0.1, -0.05) is 36.4 Å². The number of amides is 1. The van der Waals surface area contributed by atoms with Crippen LogP contribution >= 0.6 is 0 Å². The number of rotatable bonds is 10. The van der Waals surface area contributed by atoms with Gasteiger partial charge in [-0.2, -0.15) is 0 Å². The van der Waals surface area contributed by atoms with Crippen molar-refractivity contribution < 1.29 is 27.5 Å². The van der Waals surface area contributed by atoms with Crippen LogP contribution < -0.4 is 9.04 Å². The van der Waals surface area contributed by atoms with Crippen molar-refractivity contribution >= 4 is 27.6 Å². The molecule has 0 unspecified atom stereocenters. The molecule has 0 saturated heterocycles. The summed E-state index contributed by atoms with van der Waals surface area (Å²) in [4.78, 5) is 27.7. The minimum Gasteiger partial charge on any atom is -0.494 e. The predicted molar refractivity (Wildman–Crippen MR) is 151 cm³/mol. The Balaban J connectivity index is 1.76. The maximum Gasteiger partial charge on any atom is 0.338 e. The Morgan fingerprint density at radius 3 is 2.15 bits per heavy atom. The number of carbonyl (C=O) groups is 2. The second-order valence-corrected chi connectivity index (χ2v) is 12.1. The normalized spacial score (nSPS) is 11.5. The lowest BCUT2D eigenvalue weighted by Crippen LogP contribution is -2.46. The highest BCUT2D eigenvalue weighted by Gasteiger charge is 2.28. The van der Waals surface area contributed by atoms with E-state index in [2.05, 4.69) is 0 Å². The van der Waals surface area contributed by atoms with E-state index in [0.717, 1.165) is 9.87 Å². The topological polar surface area (TPSA) is 93.2 Å². The summed E-state index contributed by atoms with van der Waals surface area (Å²) in [6.07, 6.45) is 0. The summed E-state index contributed by atoms with van der Waals surface area (Å²) in [5.74, 6) is -0.484. The molecule has 0 heterocycles. The molecule has 3 aromatic rings. The number of aryl methyl sites for hydroxylation is 1. The third-order valence-corrected chi connectivity index (χ3v) is 8.00. The van der Waals surface area contributed by atoms with Gasteiger partial charge < -0.3 is 14.4 Å². The molecule has 208 valence electrons. The van der Waals surface area contributed by atoms with Crippen LogP contribution in [-0.2, 0) is 26.1 Å². The van der Waals surface area contributed by atoms with Gasteiger partial charge >= 0.3 is 5.97 Å². The van der Waals surface area contributed by atoms with E-state index in [1.54, 1.807) is 42.2 Å². The molecule has 0 bridgehead atoms. The Morgan fingerprint density at radius 2 is 1.56 bits per heavy atom. The van der Waals surface area contributed by atoms with Crippen LogP contribution in [0.1, 0.15) is 49.2 Å². The average molecular weight is 553 g/mol. The standard InChI is InChI=1S/C30H36N2O6S/c1-7-37-25-16-14-24(15-17-25)31(6)39(35,36)26-18-13-22(2)27(19-26)29(34)38-21-28(33)32(30(3,4)5)20-23-11-9-8-10-12-23/h8-19H,7,20-21H2,1-6H3. The van der Waals surface area contributed by atoms with Gasteiger partial charge in [0.1, 0.15) is 5.75 Å². The first-order valence-corrected chi connectivity index (χ1v) is 14.1. The molecule has 3 aromatic carbocycles. The average Bonchev–Trinajstić information content (AvgIpc) is 2.90. The van der Waals surface area contributed by atoms with E-state index in [0.29, 0.717) is 30.2 Å². The monoisotopic (exact) mass is 552 g/mol. The summed E-state index contributed by atoms with van der Waals surface area (Å²) >= 11 is 0. The smallest absolute Gasteiger partial charge is 0.338 e. The van der Waals surface area contributed by atoms with E-state index in [9.17, 15) is 18.0 Å². The van der Waals surface area contributed by atoms with E-state index in [1.807, 2.05) is 58.0 Å². The molecule has 39 heavy (non-hydrogen) atoms. The molecule has 0 aliphatic carbocycles. The minimum atomic E-state index is -3.98. The Labute approximate surface area is 231 Å². The zero-order valence-corrected chi connectivity index (χ0v) is 24.1. The lowest BCUT2D eigenvalue weighted by molar-refractivity contribution is -0.140. The number of benzene rings is 3. The molecular weight excluding hydrogens is 516 g/mol. The molecule has 0 spiro atoms. The molecule has 9 heteroatoms. The summed E-state index contributed by atoms with van der Waals surface area (Å²) in [7, 11) is -2.54. The van der Waals surface area contributed by atoms with Crippen LogP contribution in [0, 0.1) is 6.92 Å². The second-order valence-electron chi connectivity index (χ2n) is 10.1. The largest absolute Gasteiger partial charge is 0.494 e. The van der Waals surface area contributed by atoms with Crippen molar-refractivity contribution in [2.75, 3.05) is 24.6 Å². The quantitative estimate of drug-likeness (QED) is 0.321. The van der Waals surface area contributed by atoms with Crippen LogP contribution in [0.2, 0.25) is 0 Å². The number of esters is 1. The van der Waals surface area contributed by atoms with E-state index >= 15 is 0 Å². The second kappa shape index (κ2) is 12.3. The number of carbonyl (C=O) groups excluding carboxylic acids is 2. The summed E-state index contributed by atoms with van der Waals surface area (Å²) in [5.41, 5.74) is 1.50. The van der Waals surface area contributed by atoms with E-state index in [1.165, 1.54) is 19.2 Å². The molecule has 0 N–H and O–H groups in total. The molecule has 0 saturated carbocycles. The molecule has 0 atom stereocenters. The first-order valence-electron chi connectivity index (χ1n) is 12.7. The van der Waals surface area contributed by atoms with Gasteiger partial charge in [0, 0.05) is 19.1 Å². The van der Waals surface area contributed by atoms with Gasteiger partial charge in [0.05, 0.1) is 22.8 Å². The fraction of sp³-hybridized carbons (Fsp3) is 0.333. The number of ether oxygens (including phenoxy) is 2. The molecule has 0 aliphatic rings. The van der Waals surface area contributed by atoms with Crippen molar-refractivity contribution in [2.24, 2.45) is 0 Å². The highest BCUT2D eigenvalue weighted by molar-refractivity contribution is 7.92. The summed E-state index contributed by atoms with van der Waals surface area (Å²) in [6, 6.07) is 20.5. The number of anilines is 1. The molecule has 3 rings (SSSR count). The highest BCUT2D eigenvalue weighted by atomic mass is 32.2. The van der Waals surface area contributed by atoms with Crippen molar-refractivity contribution in [3.8, 4) is 5.75 Å². The molecule has 0 radical (unpaired) electrons. The van der Waals surface area contributed by atoms with Crippen LogP contribution in [0.15, 0.2) is 77.7 Å². The van der Waals surface area contributed by atoms with Crippen molar-refractivity contribution in [1.29, 1.82) is 0 Å². The van der Waals surface area contributed by atoms with Crippen LogP contribution in [-0.4, -0.2) is 51.0 Å². The van der Waals surface area contributed by atoms with Gasteiger partial charge in [0.25, 0.3) is 15.9 Å². The lowest BCUT2D eigenvalue weighted by Gasteiger charge is -2.35. The maximum absolute atomic E-state index is 13.4. The first kappa shape index (κ1) is 29.7. The Bertz CT molecular complexity index is 1400. The Kier molecular flexibility index (Phi) is 9.40. The maximum atomic E-state index is 13.4. The lowest BCUT2D eigenvalue weighted by atomic mass is 10.0. The number of nitrogens with zero attached hydrogens (tertiary/aromatic N) is 2. The van der Waals surface area contributed by atoms with Crippen LogP contribution in [0.25, 0.3) is 0 Å². The fourth-order valence-corrected chi connectivity index (χ4v) is 5.17. The summed E-state index contributed by atoms with van der Waals surface area (Å²) < 4.78 is 38.6. The van der Waals surface area contributed by atoms with Gasteiger partial charge in [-0.15, -0.1) is 0 Å². The van der Waals surface area contributed by atoms with Gasteiger partial charge in [0.2, 0.25) is 0 Å². The first-order chi connectivity index (χ1) is 18.3. The molecule has 0 aromatic heterocycles. The molecule has 0 fully saturated rings. The zero-order chi connectivity index (χ0) is 28.8. The van der Waals surface area contributed by atoms with Gasteiger partial charge in [-0.3, -0.25) is 9.10 Å². The number of hydrogen-bond donors (Lipinski definition) is 0. The fourth-order valence-electron chi connectivity index (χ4n) is 3.95. The molecular formula is C30H36N2O6S. The van der Waals surface area contributed by atoms with Crippen LogP contribution in [0.4, 0.5) is 5.69 Å². The zero-order valence-electron chi connectivity index (χ0n) is 23.3. The van der Waals surface area contributed by atoms with Crippen molar-refractivity contribution in [1.82, 2.24) is 4.90 Å². The summed E-state index contributed by atoms with van der Waals surface area (Å²) in [6.45, 7) is 9.69. The van der Waals surface area contributed by atoms with Crippen molar-refractivity contribution in [2.45, 2.75) is 51.6 Å². The molecule has 0 aliphatic heterocycles. The number of hydrogen-bond acceptors (Lipinski definition) is 6. The van der Waals surface area contributed by atoms with E-state index < -0.39 is 28.1 Å². The van der Waals surface area contributed by atoms with Gasteiger partial charge in [0.15, 0.2) is 6.61 Å². The third kappa shape index (κ3) is 7.38. The highest BCUT2D eigenvalue weighted by Crippen LogP contribution is 2.26.